The van der Waals surface area contributed by atoms with Crippen molar-refractivity contribution in [3.05, 3.63) is 34.9 Å². The Morgan fingerprint density at radius 2 is 2.13 bits per heavy atom. The molecule has 0 bridgehead atoms. The van der Waals surface area contributed by atoms with Gasteiger partial charge in [-0.2, -0.15) is 0 Å². The molecule has 1 atom stereocenters. The molecule has 2 rings (SSSR count). The monoisotopic (exact) mass is 338 g/mol. The van der Waals surface area contributed by atoms with Crippen LogP contribution < -0.4 is 10.6 Å². The molecule has 1 aromatic rings. The van der Waals surface area contributed by atoms with Gasteiger partial charge in [-0.3, -0.25) is 9.89 Å². The van der Waals surface area contributed by atoms with Gasteiger partial charge in [-0.25, -0.2) is 0 Å². The maximum absolute atomic E-state index is 6.18. The summed E-state index contributed by atoms with van der Waals surface area (Å²) >= 11 is 6.18. The van der Waals surface area contributed by atoms with E-state index >= 15 is 0 Å². The van der Waals surface area contributed by atoms with Gasteiger partial charge in [-0.05, 0) is 43.6 Å². The molecule has 1 heterocycles. The Balaban J connectivity index is 2.00. The van der Waals surface area contributed by atoms with E-state index in [4.69, 9.17) is 16.3 Å². The average molecular weight is 339 g/mol. The molecule has 0 radical (unpaired) electrons. The van der Waals surface area contributed by atoms with E-state index in [1.54, 1.807) is 14.2 Å². The number of aliphatic imine (C=N–C) groups is 1. The van der Waals surface area contributed by atoms with Crippen LogP contribution in [0.5, 0.6) is 0 Å². The van der Waals surface area contributed by atoms with Crippen LogP contribution in [0.15, 0.2) is 29.3 Å². The van der Waals surface area contributed by atoms with Gasteiger partial charge < -0.3 is 15.4 Å². The Morgan fingerprint density at radius 3 is 2.78 bits per heavy atom. The lowest BCUT2D eigenvalue weighted by molar-refractivity contribution is 0.203. The fourth-order valence-corrected chi connectivity index (χ4v) is 3.11. The molecule has 1 fully saturated rings. The number of hydrogen-bond acceptors (Lipinski definition) is 3. The number of nitrogens with zero attached hydrogens (tertiary/aromatic N) is 2. The van der Waals surface area contributed by atoms with Gasteiger partial charge in [-0.15, -0.1) is 0 Å². The van der Waals surface area contributed by atoms with Crippen LogP contribution in [0.2, 0.25) is 5.02 Å². The Hall–Kier alpha value is -1.30. The van der Waals surface area contributed by atoms with Crippen LogP contribution in [-0.2, 0) is 4.74 Å². The standard InChI is InChI=1S/C17H27ClN4O/c1-19-17(20-8-11-23-2)21-13-16(22-9-3-4-10-22)14-6-5-7-15(18)12-14/h5-7,12,16H,3-4,8-11,13H2,1-2H3,(H2,19,20,21). The van der Waals surface area contributed by atoms with Gasteiger partial charge in [0.1, 0.15) is 0 Å². The van der Waals surface area contributed by atoms with Crippen molar-refractivity contribution in [2.24, 2.45) is 4.99 Å². The van der Waals surface area contributed by atoms with E-state index < -0.39 is 0 Å². The van der Waals surface area contributed by atoms with Crippen molar-refractivity contribution in [1.29, 1.82) is 0 Å². The first-order valence-electron chi connectivity index (χ1n) is 8.17. The van der Waals surface area contributed by atoms with Crippen LogP contribution >= 0.6 is 11.6 Å². The molecular weight excluding hydrogens is 312 g/mol. The number of hydrogen-bond donors (Lipinski definition) is 2. The molecule has 23 heavy (non-hydrogen) atoms. The highest BCUT2D eigenvalue weighted by molar-refractivity contribution is 6.30. The van der Waals surface area contributed by atoms with Crippen LogP contribution in [0.3, 0.4) is 0 Å². The van der Waals surface area contributed by atoms with E-state index in [0.29, 0.717) is 12.6 Å². The second-order valence-corrected chi connectivity index (χ2v) is 6.12. The first-order chi connectivity index (χ1) is 11.2. The van der Waals surface area contributed by atoms with Gasteiger partial charge in [0.2, 0.25) is 0 Å². The summed E-state index contributed by atoms with van der Waals surface area (Å²) in [5.41, 5.74) is 1.25. The van der Waals surface area contributed by atoms with E-state index in [2.05, 4.69) is 32.7 Å². The largest absolute Gasteiger partial charge is 0.383 e. The quantitative estimate of drug-likeness (QED) is 0.455. The Kier molecular flexibility index (Phi) is 7.65. The van der Waals surface area contributed by atoms with Gasteiger partial charge in [0.15, 0.2) is 5.96 Å². The number of guanidine groups is 1. The van der Waals surface area contributed by atoms with Crippen LogP contribution in [0.4, 0.5) is 0 Å². The first-order valence-corrected chi connectivity index (χ1v) is 8.55. The summed E-state index contributed by atoms with van der Waals surface area (Å²) < 4.78 is 5.06. The Labute approximate surface area is 144 Å². The molecule has 0 saturated carbocycles. The molecule has 5 nitrogen and oxygen atoms in total. The highest BCUT2D eigenvalue weighted by atomic mass is 35.5. The number of ether oxygens (including phenoxy) is 1. The summed E-state index contributed by atoms with van der Waals surface area (Å²) in [6.45, 7) is 4.46. The molecule has 0 aromatic heterocycles. The zero-order valence-electron chi connectivity index (χ0n) is 14.0. The number of nitrogens with one attached hydrogen (secondary N) is 2. The van der Waals surface area contributed by atoms with Crippen LogP contribution in [0.25, 0.3) is 0 Å². The molecule has 1 aliphatic heterocycles. The third-order valence-corrected chi connectivity index (χ3v) is 4.34. The molecule has 1 aromatic carbocycles. The summed E-state index contributed by atoms with van der Waals surface area (Å²) in [5.74, 6) is 0.799. The van der Waals surface area contributed by atoms with Crippen molar-refractivity contribution >= 4 is 17.6 Å². The minimum absolute atomic E-state index is 0.303. The lowest BCUT2D eigenvalue weighted by atomic mass is 10.1. The highest BCUT2D eigenvalue weighted by Crippen LogP contribution is 2.26. The van der Waals surface area contributed by atoms with E-state index in [1.807, 2.05) is 12.1 Å². The predicted octanol–water partition coefficient (Wildman–Crippen LogP) is 2.29. The average Bonchev–Trinajstić information content (AvgIpc) is 3.08. The minimum Gasteiger partial charge on any atom is -0.383 e. The predicted molar refractivity (Wildman–Crippen MR) is 96.2 cm³/mol. The van der Waals surface area contributed by atoms with Crippen molar-refractivity contribution < 1.29 is 4.74 Å². The highest BCUT2D eigenvalue weighted by Gasteiger charge is 2.23. The second-order valence-electron chi connectivity index (χ2n) is 5.69. The smallest absolute Gasteiger partial charge is 0.191 e. The second kappa shape index (κ2) is 9.75. The van der Waals surface area contributed by atoms with Crippen molar-refractivity contribution in [3.63, 3.8) is 0 Å². The SMILES string of the molecule is CN=C(NCCOC)NCC(c1cccc(Cl)c1)N1CCCC1. The molecule has 1 aliphatic rings. The lowest BCUT2D eigenvalue weighted by Crippen LogP contribution is -2.43. The minimum atomic E-state index is 0.303. The maximum atomic E-state index is 6.18. The number of rotatable bonds is 7. The van der Waals surface area contributed by atoms with Crippen molar-refractivity contribution in [3.8, 4) is 0 Å². The summed E-state index contributed by atoms with van der Waals surface area (Å²) in [4.78, 5) is 6.78. The van der Waals surface area contributed by atoms with Crippen molar-refractivity contribution in [2.75, 3.05) is 46.9 Å². The summed E-state index contributed by atoms with van der Waals surface area (Å²) in [6, 6.07) is 8.46. The number of likely N-dealkylation sites (tertiary alicyclic amines) is 1. The first kappa shape index (κ1) is 18.0. The van der Waals surface area contributed by atoms with Gasteiger partial charge in [-0.1, -0.05) is 23.7 Å². The van der Waals surface area contributed by atoms with Crippen LogP contribution in [0.1, 0.15) is 24.4 Å². The molecule has 0 spiro atoms. The summed E-state index contributed by atoms with van der Waals surface area (Å²) in [5, 5.41) is 7.46. The molecule has 1 unspecified atom stereocenters. The summed E-state index contributed by atoms with van der Waals surface area (Å²) in [7, 11) is 3.48. The normalized spacial score (nSPS) is 17.3. The van der Waals surface area contributed by atoms with Crippen molar-refractivity contribution in [1.82, 2.24) is 15.5 Å². The molecule has 0 aliphatic carbocycles. The zero-order valence-corrected chi connectivity index (χ0v) is 14.8. The van der Waals surface area contributed by atoms with E-state index in [1.165, 1.54) is 18.4 Å². The molecule has 1 saturated heterocycles. The maximum Gasteiger partial charge on any atom is 0.191 e. The third kappa shape index (κ3) is 5.68. The fraction of sp³-hybridized carbons (Fsp3) is 0.588. The van der Waals surface area contributed by atoms with Crippen LogP contribution in [-0.4, -0.2) is 57.8 Å². The van der Waals surface area contributed by atoms with Gasteiger partial charge in [0.05, 0.1) is 12.6 Å². The topological polar surface area (TPSA) is 48.9 Å². The molecule has 0 amide bonds. The van der Waals surface area contributed by atoms with Crippen molar-refractivity contribution in [2.45, 2.75) is 18.9 Å². The van der Waals surface area contributed by atoms with Crippen LogP contribution in [0, 0.1) is 0 Å². The van der Waals surface area contributed by atoms with Gasteiger partial charge in [0, 0.05) is 32.3 Å². The van der Waals surface area contributed by atoms with Gasteiger partial charge in [0.25, 0.3) is 0 Å². The molecule has 2 N–H and O–H groups in total. The zero-order chi connectivity index (χ0) is 16.5. The Morgan fingerprint density at radius 1 is 1.35 bits per heavy atom. The Bertz CT molecular complexity index is 503. The third-order valence-electron chi connectivity index (χ3n) is 4.10. The van der Waals surface area contributed by atoms with Gasteiger partial charge >= 0.3 is 0 Å². The molecule has 128 valence electrons. The number of halogens is 1. The lowest BCUT2D eigenvalue weighted by Gasteiger charge is -2.29. The number of methoxy groups -OCH3 is 1. The fourth-order valence-electron chi connectivity index (χ4n) is 2.91. The molecule has 6 heteroatoms. The molecular formula is C17H27ClN4O. The number of benzene rings is 1. The van der Waals surface area contributed by atoms with E-state index in [-0.39, 0.29) is 0 Å². The van der Waals surface area contributed by atoms with E-state index in [0.717, 1.165) is 37.2 Å². The summed E-state index contributed by atoms with van der Waals surface area (Å²) in [6.07, 6.45) is 2.52. The van der Waals surface area contributed by atoms with E-state index in [9.17, 15) is 0 Å².